The van der Waals surface area contributed by atoms with Gasteiger partial charge in [0.25, 0.3) is 0 Å². The van der Waals surface area contributed by atoms with Gasteiger partial charge in [0.05, 0.1) is 6.61 Å². The summed E-state index contributed by atoms with van der Waals surface area (Å²) in [5.41, 5.74) is 1.07. The highest BCUT2D eigenvalue weighted by Crippen LogP contribution is 2.29. The molecule has 2 rings (SSSR count). The van der Waals surface area contributed by atoms with Gasteiger partial charge in [-0.3, -0.25) is 0 Å². The van der Waals surface area contributed by atoms with E-state index in [-0.39, 0.29) is 5.92 Å². The van der Waals surface area contributed by atoms with Crippen LogP contribution in [0.1, 0.15) is 48.8 Å². The maximum absolute atomic E-state index is 11.7. The van der Waals surface area contributed by atoms with Crippen LogP contribution in [0, 0.1) is 0 Å². The number of ether oxygens (including phenoxy) is 1. The lowest BCUT2D eigenvalue weighted by Crippen LogP contribution is -2.26. The van der Waals surface area contributed by atoms with Gasteiger partial charge in [-0.15, -0.1) is 5.10 Å². The standard InChI is InChI=1S/C11H18N4O2/c1-3-8-7(5-6-12-8)9-10(14-15-13-9)11(16)17-4-2/h7-8,12H,3-6H2,1-2H3,(H,13,14,15). The summed E-state index contributed by atoms with van der Waals surface area (Å²) < 4.78 is 4.97. The Hall–Kier alpha value is -1.43. The van der Waals surface area contributed by atoms with Gasteiger partial charge in [0.2, 0.25) is 0 Å². The Morgan fingerprint density at radius 1 is 1.47 bits per heavy atom. The van der Waals surface area contributed by atoms with Crippen LogP contribution in [-0.2, 0) is 4.74 Å². The van der Waals surface area contributed by atoms with E-state index < -0.39 is 5.97 Å². The Bertz CT molecular complexity index is 391. The van der Waals surface area contributed by atoms with Gasteiger partial charge in [-0.1, -0.05) is 6.92 Å². The van der Waals surface area contributed by atoms with Gasteiger partial charge in [0, 0.05) is 12.0 Å². The molecule has 6 nitrogen and oxygen atoms in total. The van der Waals surface area contributed by atoms with Crippen LogP contribution in [0.5, 0.6) is 0 Å². The average molecular weight is 238 g/mol. The van der Waals surface area contributed by atoms with Gasteiger partial charge in [0.15, 0.2) is 5.69 Å². The van der Waals surface area contributed by atoms with Crippen LogP contribution in [0.3, 0.4) is 0 Å². The molecule has 0 radical (unpaired) electrons. The van der Waals surface area contributed by atoms with E-state index in [0.717, 1.165) is 25.1 Å². The van der Waals surface area contributed by atoms with Gasteiger partial charge in [-0.25, -0.2) is 4.79 Å². The van der Waals surface area contributed by atoms with Crippen molar-refractivity contribution in [1.29, 1.82) is 0 Å². The molecular weight excluding hydrogens is 220 g/mol. The van der Waals surface area contributed by atoms with E-state index in [9.17, 15) is 4.79 Å². The summed E-state index contributed by atoms with van der Waals surface area (Å²) in [5, 5.41) is 14.0. The number of carbonyl (C=O) groups is 1. The fourth-order valence-electron chi connectivity index (χ4n) is 2.37. The number of esters is 1. The number of aromatic nitrogens is 3. The summed E-state index contributed by atoms with van der Waals surface area (Å²) >= 11 is 0. The van der Waals surface area contributed by atoms with E-state index in [1.807, 2.05) is 0 Å². The van der Waals surface area contributed by atoms with Gasteiger partial charge in [-0.2, -0.15) is 10.3 Å². The van der Waals surface area contributed by atoms with Crippen molar-refractivity contribution in [3.05, 3.63) is 11.4 Å². The van der Waals surface area contributed by atoms with Crippen molar-refractivity contribution < 1.29 is 9.53 Å². The molecule has 0 aromatic carbocycles. The highest BCUT2D eigenvalue weighted by Gasteiger charge is 2.33. The van der Waals surface area contributed by atoms with E-state index in [1.54, 1.807) is 6.92 Å². The molecule has 94 valence electrons. The van der Waals surface area contributed by atoms with E-state index >= 15 is 0 Å². The second-order valence-corrected chi connectivity index (χ2v) is 4.14. The maximum Gasteiger partial charge on any atom is 0.360 e. The van der Waals surface area contributed by atoms with E-state index in [4.69, 9.17) is 4.74 Å². The zero-order valence-corrected chi connectivity index (χ0v) is 10.2. The fourth-order valence-corrected chi connectivity index (χ4v) is 2.37. The van der Waals surface area contributed by atoms with E-state index in [0.29, 0.717) is 18.3 Å². The van der Waals surface area contributed by atoms with E-state index in [1.165, 1.54) is 0 Å². The third-order valence-electron chi connectivity index (χ3n) is 3.18. The average Bonchev–Trinajstić information content (AvgIpc) is 2.97. The zero-order valence-electron chi connectivity index (χ0n) is 10.2. The second kappa shape index (κ2) is 5.27. The molecule has 1 saturated heterocycles. The molecule has 1 aromatic heterocycles. The summed E-state index contributed by atoms with van der Waals surface area (Å²) in [4.78, 5) is 11.7. The SMILES string of the molecule is CCOC(=O)c1n[nH]nc1C1CCNC1CC. The predicted molar refractivity (Wildman–Crippen MR) is 61.8 cm³/mol. The maximum atomic E-state index is 11.7. The molecule has 0 saturated carbocycles. The molecule has 1 aliphatic heterocycles. The number of nitrogens with one attached hydrogen (secondary N) is 2. The van der Waals surface area contributed by atoms with Crippen molar-refractivity contribution in [2.24, 2.45) is 0 Å². The van der Waals surface area contributed by atoms with Crippen LogP contribution < -0.4 is 5.32 Å². The Morgan fingerprint density at radius 2 is 2.29 bits per heavy atom. The molecule has 2 heterocycles. The van der Waals surface area contributed by atoms with Crippen LogP contribution in [0.25, 0.3) is 0 Å². The fraction of sp³-hybridized carbons (Fsp3) is 0.727. The summed E-state index contributed by atoms with van der Waals surface area (Å²) in [5.74, 6) is -0.142. The minimum Gasteiger partial charge on any atom is -0.461 e. The van der Waals surface area contributed by atoms with Crippen LogP contribution in [0.2, 0.25) is 0 Å². The minimum absolute atomic E-state index is 0.248. The first-order valence-corrected chi connectivity index (χ1v) is 6.09. The lowest BCUT2D eigenvalue weighted by molar-refractivity contribution is 0.0517. The Morgan fingerprint density at radius 3 is 3.00 bits per heavy atom. The Balaban J connectivity index is 2.21. The van der Waals surface area contributed by atoms with Gasteiger partial charge < -0.3 is 10.1 Å². The molecule has 17 heavy (non-hydrogen) atoms. The summed E-state index contributed by atoms with van der Waals surface area (Å²) in [6, 6.07) is 0.369. The smallest absolute Gasteiger partial charge is 0.360 e. The van der Waals surface area contributed by atoms with Crippen LogP contribution in [0.4, 0.5) is 0 Å². The molecular formula is C11H18N4O2. The molecule has 2 unspecified atom stereocenters. The topological polar surface area (TPSA) is 79.9 Å². The summed E-state index contributed by atoms with van der Waals surface area (Å²) in [6.45, 7) is 5.22. The molecule has 1 fully saturated rings. The van der Waals surface area contributed by atoms with Gasteiger partial charge >= 0.3 is 5.97 Å². The first-order valence-electron chi connectivity index (χ1n) is 6.09. The Labute approximate surface area is 100 Å². The number of rotatable bonds is 4. The lowest BCUT2D eigenvalue weighted by atomic mass is 9.94. The molecule has 2 N–H and O–H groups in total. The minimum atomic E-state index is -0.391. The number of nitrogens with zero attached hydrogens (tertiary/aromatic N) is 2. The first kappa shape index (κ1) is 12.0. The van der Waals surface area contributed by atoms with Crippen molar-refractivity contribution in [1.82, 2.24) is 20.7 Å². The highest BCUT2D eigenvalue weighted by molar-refractivity contribution is 5.88. The first-order chi connectivity index (χ1) is 8.27. The van der Waals surface area contributed by atoms with Crippen molar-refractivity contribution in [2.75, 3.05) is 13.2 Å². The lowest BCUT2D eigenvalue weighted by Gasteiger charge is -2.15. The van der Waals surface area contributed by atoms with Gasteiger partial charge in [-0.05, 0) is 26.3 Å². The number of hydrogen-bond donors (Lipinski definition) is 2. The molecule has 0 bridgehead atoms. The molecule has 6 heteroatoms. The third-order valence-corrected chi connectivity index (χ3v) is 3.18. The predicted octanol–water partition coefficient (Wildman–Crippen LogP) is 0.837. The van der Waals surface area contributed by atoms with E-state index in [2.05, 4.69) is 27.7 Å². The van der Waals surface area contributed by atoms with Crippen LogP contribution in [-0.4, -0.2) is 40.6 Å². The molecule has 1 aromatic rings. The molecule has 1 aliphatic rings. The number of H-pyrrole nitrogens is 1. The number of aromatic amines is 1. The summed E-state index contributed by atoms with van der Waals surface area (Å²) in [6.07, 6.45) is 2.00. The number of carbonyl (C=O) groups excluding carboxylic acids is 1. The van der Waals surface area contributed by atoms with Crippen molar-refractivity contribution >= 4 is 5.97 Å². The van der Waals surface area contributed by atoms with Crippen molar-refractivity contribution in [3.8, 4) is 0 Å². The second-order valence-electron chi connectivity index (χ2n) is 4.14. The molecule has 0 aliphatic carbocycles. The highest BCUT2D eigenvalue weighted by atomic mass is 16.5. The largest absolute Gasteiger partial charge is 0.461 e. The monoisotopic (exact) mass is 238 g/mol. The Kier molecular flexibility index (Phi) is 3.73. The quantitative estimate of drug-likeness (QED) is 0.760. The molecule has 2 atom stereocenters. The normalized spacial score (nSPS) is 23.9. The number of hydrogen-bond acceptors (Lipinski definition) is 5. The summed E-state index contributed by atoms with van der Waals surface area (Å²) in [7, 11) is 0. The molecule has 0 amide bonds. The van der Waals surface area contributed by atoms with Crippen molar-refractivity contribution in [2.45, 2.75) is 38.6 Å². The van der Waals surface area contributed by atoms with Crippen LogP contribution >= 0.6 is 0 Å². The third kappa shape index (κ3) is 2.31. The zero-order chi connectivity index (χ0) is 12.3. The van der Waals surface area contributed by atoms with Gasteiger partial charge in [0.1, 0.15) is 5.69 Å². The molecule has 0 spiro atoms. The van der Waals surface area contributed by atoms with Crippen molar-refractivity contribution in [3.63, 3.8) is 0 Å². The van der Waals surface area contributed by atoms with Crippen LogP contribution in [0.15, 0.2) is 0 Å².